The molecule has 136 valence electrons. The zero-order valence-corrected chi connectivity index (χ0v) is 14.4. The van der Waals surface area contributed by atoms with E-state index in [9.17, 15) is 18.8 Å². The fourth-order valence-electron chi connectivity index (χ4n) is 2.75. The molecule has 7 heteroatoms. The maximum absolute atomic E-state index is 13.0. The van der Waals surface area contributed by atoms with Crippen molar-refractivity contribution in [3.05, 3.63) is 35.6 Å². The molecule has 0 unspecified atom stereocenters. The number of amides is 2. The van der Waals surface area contributed by atoms with Crippen molar-refractivity contribution in [3.8, 4) is 0 Å². The summed E-state index contributed by atoms with van der Waals surface area (Å²) in [7, 11) is 2.00. The number of benzene rings is 1. The van der Waals surface area contributed by atoms with Gasteiger partial charge in [-0.05, 0) is 44.2 Å². The van der Waals surface area contributed by atoms with Crippen molar-refractivity contribution in [2.75, 3.05) is 33.2 Å². The van der Waals surface area contributed by atoms with Crippen molar-refractivity contribution in [1.29, 1.82) is 0 Å². The lowest BCUT2D eigenvalue weighted by Crippen LogP contribution is -2.54. The van der Waals surface area contributed by atoms with Crippen LogP contribution in [0.5, 0.6) is 0 Å². The number of likely N-dealkylation sites (N-methyl/N-ethyl adjacent to an activating group) is 1. The van der Waals surface area contributed by atoms with E-state index in [-0.39, 0.29) is 5.91 Å². The normalized spacial score (nSPS) is 16.3. The number of unbranched alkanes of at least 4 members (excludes halogenated alkanes) is 1. The molecule has 0 bridgehead atoms. The summed E-state index contributed by atoms with van der Waals surface area (Å²) in [6.45, 7) is 2.81. The minimum atomic E-state index is -0.680. The number of piperazine rings is 1. The number of nitrogens with zero attached hydrogens (tertiary/aromatic N) is 2. The number of rotatable bonds is 7. The molecule has 6 nitrogen and oxygen atoms in total. The minimum Gasteiger partial charge on any atom is -0.340 e. The summed E-state index contributed by atoms with van der Waals surface area (Å²) in [4.78, 5) is 39.6. The predicted octanol–water partition coefficient (Wildman–Crippen LogP) is 1.07. The van der Waals surface area contributed by atoms with Gasteiger partial charge in [0.05, 0.1) is 0 Å². The van der Waals surface area contributed by atoms with Gasteiger partial charge < -0.3 is 19.9 Å². The van der Waals surface area contributed by atoms with Crippen molar-refractivity contribution in [1.82, 2.24) is 15.1 Å². The van der Waals surface area contributed by atoms with E-state index < -0.39 is 17.8 Å². The summed E-state index contributed by atoms with van der Waals surface area (Å²) in [5.41, 5.74) is 0.299. The third-order valence-electron chi connectivity index (χ3n) is 4.34. The van der Waals surface area contributed by atoms with Gasteiger partial charge in [0.15, 0.2) is 0 Å². The highest BCUT2D eigenvalue weighted by atomic mass is 19.1. The van der Waals surface area contributed by atoms with Crippen LogP contribution in [0.1, 0.15) is 29.6 Å². The first kappa shape index (κ1) is 19.1. The lowest BCUT2D eigenvalue weighted by Gasteiger charge is -2.34. The van der Waals surface area contributed by atoms with Gasteiger partial charge in [0.2, 0.25) is 5.91 Å². The van der Waals surface area contributed by atoms with E-state index in [0.717, 1.165) is 19.4 Å². The fraction of sp³-hybridized carbons (Fsp3) is 0.500. The Hall–Kier alpha value is -2.28. The van der Waals surface area contributed by atoms with Crippen LogP contribution < -0.4 is 5.32 Å². The van der Waals surface area contributed by atoms with Crippen LogP contribution >= 0.6 is 0 Å². The van der Waals surface area contributed by atoms with Crippen LogP contribution in [0.2, 0.25) is 0 Å². The van der Waals surface area contributed by atoms with Gasteiger partial charge in [-0.1, -0.05) is 0 Å². The molecule has 1 N–H and O–H groups in total. The molecule has 1 aromatic carbocycles. The summed E-state index contributed by atoms with van der Waals surface area (Å²) >= 11 is 0. The van der Waals surface area contributed by atoms with Crippen molar-refractivity contribution in [3.63, 3.8) is 0 Å². The van der Waals surface area contributed by atoms with Crippen molar-refractivity contribution in [2.24, 2.45) is 0 Å². The second-order valence-electron chi connectivity index (χ2n) is 6.26. The third-order valence-corrected chi connectivity index (χ3v) is 4.34. The number of hydrogen-bond acceptors (Lipinski definition) is 4. The largest absolute Gasteiger partial charge is 0.340 e. The highest BCUT2D eigenvalue weighted by Crippen LogP contribution is 2.10. The molecule has 0 aromatic heterocycles. The summed E-state index contributed by atoms with van der Waals surface area (Å²) in [6.07, 6.45) is 2.08. The average Bonchev–Trinajstić information content (AvgIpc) is 2.61. The highest BCUT2D eigenvalue weighted by Gasteiger charge is 2.27. The Morgan fingerprint density at radius 3 is 2.44 bits per heavy atom. The molecular weight excluding hydrogens is 325 g/mol. The average molecular weight is 349 g/mol. The molecule has 1 aliphatic heterocycles. The first-order valence-electron chi connectivity index (χ1n) is 8.48. The van der Waals surface area contributed by atoms with Gasteiger partial charge in [0.1, 0.15) is 18.1 Å². The summed E-state index contributed by atoms with van der Waals surface area (Å²) in [5.74, 6) is -0.972. The molecule has 0 radical (unpaired) electrons. The quantitative estimate of drug-likeness (QED) is 0.590. The molecule has 1 atom stereocenters. The minimum absolute atomic E-state index is 0.130. The Morgan fingerprint density at radius 1 is 1.20 bits per heavy atom. The van der Waals surface area contributed by atoms with Crippen LogP contribution in [-0.2, 0) is 9.59 Å². The zero-order chi connectivity index (χ0) is 18.2. The number of carbonyl (C=O) groups excluding carboxylic acids is 3. The maximum atomic E-state index is 13.0. The molecule has 1 fully saturated rings. The summed E-state index contributed by atoms with van der Waals surface area (Å²) in [5, 5.41) is 2.74. The third kappa shape index (κ3) is 5.63. The van der Waals surface area contributed by atoms with E-state index in [2.05, 4.69) is 10.2 Å². The van der Waals surface area contributed by atoms with Gasteiger partial charge in [-0.3, -0.25) is 9.59 Å². The Balaban J connectivity index is 2.03. The molecule has 1 aliphatic rings. The van der Waals surface area contributed by atoms with Crippen LogP contribution in [0.4, 0.5) is 4.39 Å². The van der Waals surface area contributed by atoms with E-state index >= 15 is 0 Å². The van der Waals surface area contributed by atoms with Gasteiger partial charge >= 0.3 is 0 Å². The molecule has 1 heterocycles. The number of hydrogen-bond donors (Lipinski definition) is 1. The van der Waals surface area contributed by atoms with E-state index in [1.807, 2.05) is 7.05 Å². The smallest absolute Gasteiger partial charge is 0.251 e. The Bertz CT molecular complexity index is 598. The first-order chi connectivity index (χ1) is 12.0. The van der Waals surface area contributed by atoms with Gasteiger partial charge in [-0.15, -0.1) is 0 Å². The lowest BCUT2D eigenvalue weighted by atomic mass is 10.1. The summed E-state index contributed by atoms with van der Waals surface area (Å²) in [6, 6.07) is 4.50. The van der Waals surface area contributed by atoms with E-state index in [0.29, 0.717) is 37.9 Å². The molecule has 25 heavy (non-hydrogen) atoms. The first-order valence-corrected chi connectivity index (χ1v) is 8.48. The molecule has 0 aliphatic carbocycles. The second kappa shape index (κ2) is 9.27. The topological polar surface area (TPSA) is 69.7 Å². The van der Waals surface area contributed by atoms with Crippen LogP contribution in [0, 0.1) is 5.82 Å². The number of halogens is 1. The monoisotopic (exact) mass is 349 g/mol. The summed E-state index contributed by atoms with van der Waals surface area (Å²) < 4.78 is 13.0. The Kier molecular flexibility index (Phi) is 7.06. The van der Waals surface area contributed by atoms with Crippen LogP contribution in [-0.4, -0.2) is 67.2 Å². The van der Waals surface area contributed by atoms with Crippen molar-refractivity contribution >= 4 is 18.1 Å². The zero-order valence-electron chi connectivity index (χ0n) is 14.4. The molecule has 1 aromatic rings. The van der Waals surface area contributed by atoms with E-state index in [1.165, 1.54) is 24.3 Å². The maximum Gasteiger partial charge on any atom is 0.251 e. The van der Waals surface area contributed by atoms with E-state index in [1.54, 1.807) is 4.90 Å². The second-order valence-corrected chi connectivity index (χ2v) is 6.26. The molecular formula is C18H24FN3O3. The Morgan fingerprint density at radius 2 is 1.84 bits per heavy atom. The molecule has 2 amide bonds. The molecule has 2 rings (SSSR count). The van der Waals surface area contributed by atoms with Gasteiger partial charge in [0, 0.05) is 38.2 Å². The molecule has 1 saturated heterocycles. The van der Waals surface area contributed by atoms with Gasteiger partial charge in [-0.25, -0.2) is 4.39 Å². The van der Waals surface area contributed by atoms with Gasteiger partial charge in [-0.2, -0.15) is 0 Å². The van der Waals surface area contributed by atoms with Crippen LogP contribution in [0.15, 0.2) is 24.3 Å². The number of aldehydes is 1. The lowest BCUT2D eigenvalue weighted by molar-refractivity contribution is -0.135. The van der Waals surface area contributed by atoms with Crippen LogP contribution in [0.25, 0.3) is 0 Å². The van der Waals surface area contributed by atoms with Crippen LogP contribution in [0.3, 0.4) is 0 Å². The Labute approximate surface area is 147 Å². The van der Waals surface area contributed by atoms with E-state index in [4.69, 9.17) is 0 Å². The van der Waals surface area contributed by atoms with Gasteiger partial charge in [0.25, 0.3) is 5.91 Å². The molecule has 0 spiro atoms. The van der Waals surface area contributed by atoms with Crippen molar-refractivity contribution < 1.29 is 18.8 Å². The number of nitrogens with one attached hydrogen (secondary N) is 1. The fourth-order valence-corrected chi connectivity index (χ4v) is 2.75. The highest BCUT2D eigenvalue weighted by molar-refractivity contribution is 5.97. The molecule has 0 saturated carbocycles. The standard InChI is InChI=1S/C18H24FN3O3/c1-21-9-11-22(12-10-21)18(25)16(4-2-3-13-23)20-17(24)14-5-7-15(19)8-6-14/h5-8,13,16H,2-4,9-12H2,1H3,(H,20,24)/t16-/m0/s1. The predicted molar refractivity (Wildman–Crippen MR) is 91.6 cm³/mol. The number of carbonyl (C=O) groups is 3. The van der Waals surface area contributed by atoms with Crippen molar-refractivity contribution in [2.45, 2.75) is 25.3 Å². The SMILES string of the molecule is CN1CCN(C(=O)[C@H](CCCC=O)NC(=O)c2ccc(F)cc2)CC1.